The third kappa shape index (κ3) is 6.22. The highest BCUT2D eigenvalue weighted by Gasteiger charge is 2.24. The number of nitrogens with zero attached hydrogens (tertiary/aromatic N) is 3. The summed E-state index contributed by atoms with van der Waals surface area (Å²) in [7, 11) is 4.32. The van der Waals surface area contributed by atoms with E-state index in [4.69, 9.17) is 0 Å². The van der Waals surface area contributed by atoms with Gasteiger partial charge in [0.25, 0.3) is 0 Å². The van der Waals surface area contributed by atoms with Gasteiger partial charge in [-0.25, -0.2) is 9.13 Å². The Morgan fingerprint density at radius 2 is 0.685 bits per heavy atom. The van der Waals surface area contributed by atoms with Crippen LogP contribution in [0.2, 0.25) is 0 Å². The molecule has 9 rings (SSSR count). The van der Waals surface area contributed by atoms with E-state index in [-0.39, 0.29) is 0 Å². The van der Waals surface area contributed by atoms with Crippen molar-refractivity contribution in [3.05, 3.63) is 199 Å². The molecule has 3 heterocycles. The van der Waals surface area contributed by atoms with Gasteiger partial charge in [0.2, 0.25) is 17.1 Å². The van der Waals surface area contributed by atoms with Crippen LogP contribution in [0.3, 0.4) is 0 Å². The van der Waals surface area contributed by atoms with Crippen LogP contribution in [-0.4, -0.2) is 0 Å². The van der Waals surface area contributed by atoms with Gasteiger partial charge in [-0.05, 0) is 82.1 Å². The molecule has 0 saturated carbocycles. The van der Waals surface area contributed by atoms with Crippen molar-refractivity contribution in [1.29, 1.82) is 0 Å². The number of hydrogen-bond acceptors (Lipinski definition) is 0. The van der Waals surface area contributed by atoms with Crippen molar-refractivity contribution in [1.82, 2.24) is 0 Å². The molecule has 0 amide bonds. The summed E-state index contributed by atoms with van der Waals surface area (Å²) in [5.74, 6) is 0. The first-order chi connectivity index (χ1) is 26.6. The molecular formula is C51H44N3+3. The molecular weight excluding hydrogens is 655 g/mol. The maximum Gasteiger partial charge on any atom is 0.220 e. The van der Waals surface area contributed by atoms with E-state index in [1.165, 1.54) is 82.8 Å². The zero-order chi connectivity index (χ0) is 36.4. The largest absolute Gasteiger partial charge is 0.220 e. The molecule has 0 bridgehead atoms. The van der Waals surface area contributed by atoms with Crippen molar-refractivity contribution in [2.24, 2.45) is 14.1 Å². The Bertz CT molecular complexity index is 2820. The van der Waals surface area contributed by atoms with Crippen LogP contribution in [0.1, 0.15) is 16.7 Å². The first-order valence-electron chi connectivity index (χ1n) is 19.0. The molecule has 0 aliphatic carbocycles. The lowest BCUT2D eigenvalue weighted by molar-refractivity contribution is -0.684. The smallest absolute Gasteiger partial charge is 0.200 e. The van der Waals surface area contributed by atoms with Crippen LogP contribution in [0.5, 0.6) is 0 Å². The SMILES string of the molecule is C[n+]1ccc2ccccc2c1-c1ccccc1CCc1ccccc1-c1c2ccccc2cc[n+]1CCc1ccccc1-c1c2ccccc2cc[n+]1C. The number of rotatable bonds is 9. The molecule has 0 radical (unpaired) electrons. The van der Waals surface area contributed by atoms with Crippen LogP contribution in [0.15, 0.2) is 182 Å². The molecule has 9 aromatic rings. The Balaban J connectivity index is 1.09. The lowest BCUT2D eigenvalue weighted by Crippen LogP contribution is -2.37. The molecule has 3 heteroatoms. The Kier molecular flexibility index (Phi) is 8.98. The Morgan fingerprint density at radius 1 is 0.333 bits per heavy atom. The van der Waals surface area contributed by atoms with Gasteiger partial charge < -0.3 is 0 Å². The van der Waals surface area contributed by atoms with E-state index in [1.807, 2.05) is 0 Å². The average molecular weight is 699 g/mol. The number of pyridine rings is 3. The molecule has 0 N–H and O–H groups in total. The van der Waals surface area contributed by atoms with Crippen LogP contribution in [0.25, 0.3) is 66.1 Å². The average Bonchev–Trinajstić information content (AvgIpc) is 3.22. The van der Waals surface area contributed by atoms with Gasteiger partial charge in [-0.3, -0.25) is 0 Å². The van der Waals surface area contributed by atoms with Gasteiger partial charge in [0.1, 0.15) is 14.1 Å². The number of fused-ring (bicyclic) bond motifs is 3. The van der Waals surface area contributed by atoms with Crippen molar-refractivity contribution in [2.75, 3.05) is 0 Å². The van der Waals surface area contributed by atoms with Gasteiger partial charge in [-0.1, -0.05) is 109 Å². The summed E-state index contributed by atoms with van der Waals surface area (Å²) < 4.78 is 7.03. The molecule has 0 aliphatic heterocycles. The van der Waals surface area contributed by atoms with Gasteiger partial charge in [0.05, 0.1) is 27.3 Å². The summed E-state index contributed by atoms with van der Waals surface area (Å²) in [6, 6.07) is 59.9. The maximum absolute atomic E-state index is 2.49. The maximum atomic E-state index is 2.49. The fourth-order valence-corrected chi connectivity index (χ4v) is 8.46. The summed E-state index contributed by atoms with van der Waals surface area (Å²) in [6.45, 7) is 0.862. The fraction of sp³-hybridized carbons (Fsp3) is 0.118. The predicted molar refractivity (Wildman–Crippen MR) is 222 cm³/mol. The molecule has 3 nitrogen and oxygen atoms in total. The number of aromatic nitrogens is 3. The van der Waals surface area contributed by atoms with Crippen LogP contribution in [0.4, 0.5) is 0 Å². The zero-order valence-corrected chi connectivity index (χ0v) is 31.0. The molecule has 54 heavy (non-hydrogen) atoms. The van der Waals surface area contributed by atoms with Crippen molar-refractivity contribution in [3.8, 4) is 33.8 Å². The lowest BCUT2D eigenvalue weighted by atomic mass is 9.92. The summed E-state index contributed by atoms with van der Waals surface area (Å²) in [5, 5.41) is 7.62. The van der Waals surface area contributed by atoms with Crippen LogP contribution in [0, 0.1) is 0 Å². The summed E-state index contributed by atoms with van der Waals surface area (Å²) in [4.78, 5) is 0. The van der Waals surface area contributed by atoms with Crippen LogP contribution < -0.4 is 13.7 Å². The fourth-order valence-electron chi connectivity index (χ4n) is 8.46. The number of benzene rings is 6. The normalized spacial score (nSPS) is 11.4. The molecule has 0 saturated heterocycles. The molecule has 0 aliphatic rings. The molecule has 0 atom stereocenters. The van der Waals surface area contributed by atoms with Crippen molar-refractivity contribution >= 4 is 32.3 Å². The predicted octanol–water partition coefficient (Wildman–Crippen LogP) is 10.1. The number of aryl methyl sites for hydroxylation is 6. The Morgan fingerprint density at radius 3 is 1.17 bits per heavy atom. The second kappa shape index (κ2) is 14.5. The molecule has 0 unspecified atom stereocenters. The van der Waals surface area contributed by atoms with E-state index in [0.29, 0.717) is 0 Å². The van der Waals surface area contributed by atoms with Gasteiger partial charge >= 0.3 is 0 Å². The third-order valence-electron chi connectivity index (χ3n) is 11.1. The second-order valence-corrected chi connectivity index (χ2v) is 14.4. The first-order valence-corrected chi connectivity index (χ1v) is 19.0. The van der Waals surface area contributed by atoms with E-state index < -0.39 is 0 Å². The molecule has 0 fully saturated rings. The minimum Gasteiger partial charge on any atom is -0.200 e. The molecule has 6 aromatic carbocycles. The van der Waals surface area contributed by atoms with Gasteiger partial charge in [0, 0.05) is 30.2 Å². The standard InChI is InChI=1S/C51H44N3/c1-52-33-29-39-17-5-10-22-44(39)49(52)43-21-9-3-15-37(43)27-28-38-16-4-13-25-47(38)51-48-26-14-8-20-42(48)32-36-54(51)35-31-41-19-7-12-24-46(41)50-45-23-11-6-18-40(45)30-34-53(50)2/h3-26,29-30,32-34,36H,27-28,31,35H2,1-2H3/q+3. The van der Waals surface area contributed by atoms with E-state index in [9.17, 15) is 0 Å². The minimum atomic E-state index is 0.862. The third-order valence-corrected chi connectivity index (χ3v) is 11.1. The summed E-state index contributed by atoms with van der Waals surface area (Å²) >= 11 is 0. The topological polar surface area (TPSA) is 11.6 Å². The highest BCUT2D eigenvalue weighted by Crippen LogP contribution is 2.33. The van der Waals surface area contributed by atoms with E-state index in [1.54, 1.807) is 0 Å². The van der Waals surface area contributed by atoms with E-state index in [0.717, 1.165) is 25.8 Å². The monoisotopic (exact) mass is 698 g/mol. The van der Waals surface area contributed by atoms with Crippen molar-refractivity contribution < 1.29 is 13.7 Å². The van der Waals surface area contributed by atoms with Crippen molar-refractivity contribution in [2.45, 2.75) is 25.8 Å². The molecule has 3 aromatic heterocycles. The molecule has 0 spiro atoms. The van der Waals surface area contributed by atoms with E-state index in [2.05, 4.69) is 210 Å². The summed E-state index contributed by atoms with van der Waals surface area (Å²) in [6.07, 6.45) is 9.45. The van der Waals surface area contributed by atoms with Crippen LogP contribution >= 0.6 is 0 Å². The highest BCUT2D eigenvalue weighted by atomic mass is 15.0. The Labute approximate surface area is 317 Å². The van der Waals surface area contributed by atoms with Gasteiger partial charge in [-0.2, -0.15) is 4.57 Å². The lowest BCUT2D eigenvalue weighted by Gasteiger charge is -2.14. The van der Waals surface area contributed by atoms with E-state index >= 15 is 0 Å². The first kappa shape index (κ1) is 33.4. The quantitative estimate of drug-likeness (QED) is 0.133. The molecule has 260 valence electrons. The van der Waals surface area contributed by atoms with Gasteiger partial charge in [0.15, 0.2) is 25.1 Å². The van der Waals surface area contributed by atoms with Crippen LogP contribution in [-0.2, 0) is 39.9 Å². The zero-order valence-electron chi connectivity index (χ0n) is 31.0. The minimum absolute atomic E-state index is 0.862. The van der Waals surface area contributed by atoms with Gasteiger partial charge in [-0.15, -0.1) is 0 Å². The number of hydrogen-bond donors (Lipinski definition) is 0. The van der Waals surface area contributed by atoms with Crippen molar-refractivity contribution in [3.63, 3.8) is 0 Å². The second-order valence-electron chi connectivity index (χ2n) is 14.4. The summed E-state index contributed by atoms with van der Waals surface area (Å²) in [5.41, 5.74) is 11.8. The Hall–Kier alpha value is -6.45. The highest BCUT2D eigenvalue weighted by molar-refractivity contribution is 5.95.